The number of nitrogens with zero attached hydrogens (tertiary/aromatic N) is 3. The van der Waals surface area contributed by atoms with Crippen LogP contribution in [0.5, 0.6) is 11.5 Å². The molecule has 2 heterocycles. The van der Waals surface area contributed by atoms with E-state index < -0.39 is 16.6 Å². The van der Waals surface area contributed by atoms with Crippen molar-refractivity contribution in [3.63, 3.8) is 0 Å². The summed E-state index contributed by atoms with van der Waals surface area (Å²) in [6, 6.07) is 18.5. The van der Waals surface area contributed by atoms with Crippen LogP contribution < -0.4 is 14.8 Å². The van der Waals surface area contributed by atoms with E-state index >= 15 is 0 Å². The average molecular weight is 460 g/mol. The van der Waals surface area contributed by atoms with Gasteiger partial charge >= 0.3 is 0 Å². The Balaban J connectivity index is 1.47. The van der Waals surface area contributed by atoms with Crippen molar-refractivity contribution in [2.24, 2.45) is 0 Å². The highest BCUT2D eigenvalue weighted by molar-refractivity contribution is 5.94. The Kier molecular flexibility index (Phi) is 5.38. The molecular weight excluding hydrogens is 443 g/mol. The van der Waals surface area contributed by atoms with E-state index in [0.717, 1.165) is 5.56 Å². The van der Waals surface area contributed by atoms with Crippen LogP contribution in [0, 0.1) is 15.9 Å². The molecule has 0 atom stereocenters. The van der Waals surface area contributed by atoms with Gasteiger partial charge in [-0.15, -0.1) is 0 Å². The molecule has 3 aromatic carbocycles. The number of ether oxygens (including phenoxy) is 2. The monoisotopic (exact) mass is 460 g/mol. The lowest BCUT2D eigenvalue weighted by Crippen LogP contribution is -2.25. The van der Waals surface area contributed by atoms with Crippen LogP contribution in [0.1, 0.15) is 16.1 Å². The minimum absolute atomic E-state index is 0.0981. The highest BCUT2D eigenvalue weighted by atomic mass is 19.1. The van der Waals surface area contributed by atoms with Crippen molar-refractivity contribution in [2.75, 3.05) is 6.79 Å². The molecule has 0 radical (unpaired) electrons. The van der Waals surface area contributed by atoms with Gasteiger partial charge in [-0.05, 0) is 48.0 Å². The molecule has 0 saturated carbocycles. The molecule has 10 heteroatoms. The maximum atomic E-state index is 14.4. The summed E-state index contributed by atoms with van der Waals surface area (Å²) in [6.45, 7) is 0.355. The molecule has 1 aliphatic heterocycles. The van der Waals surface area contributed by atoms with Gasteiger partial charge in [-0.2, -0.15) is 5.10 Å². The molecule has 0 fully saturated rings. The van der Waals surface area contributed by atoms with Gasteiger partial charge in [0.05, 0.1) is 16.3 Å². The largest absolute Gasteiger partial charge is 0.454 e. The summed E-state index contributed by atoms with van der Waals surface area (Å²) in [7, 11) is 0. The summed E-state index contributed by atoms with van der Waals surface area (Å²) in [5.41, 5.74) is 1.75. The first-order chi connectivity index (χ1) is 16.5. The van der Waals surface area contributed by atoms with E-state index in [2.05, 4.69) is 10.4 Å². The number of carbonyl (C=O) groups excluding carboxylic acids is 1. The van der Waals surface area contributed by atoms with E-state index in [1.807, 2.05) is 6.07 Å². The number of amides is 1. The quantitative estimate of drug-likeness (QED) is 0.341. The van der Waals surface area contributed by atoms with E-state index in [-0.39, 0.29) is 36.0 Å². The van der Waals surface area contributed by atoms with Gasteiger partial charge in [0.2, 0.25) is 6.79 Å². The maximum absolute atomic E-state index is 14.4. The molecule has 0 spiro atoms. The third kappa shape index (κ3) is 4.04. The Hall–Kier alpha value is -4.73. The Morgan fingerprint density at radius 1 is 1.06 bits per heavy atom. The van der Waals surface area contributed by atoms with Crippen LogP contribution in [0.4, 0.5) is 10.1 Å². The van der Waals surface area contributed by atoms with Gasteiger partial charge < -0.3 is 14.8 Å². The van der Waals surface area contributed by atoms with Crippen LogP contribution in [0.15, 0.2) is 72.8 Å². The summed E-state index contributed by atoms with van der Waals surface area (Å²) >= 11 is 0. The molecule has 34 heavy (non-hydrogen) atoms. The lowest BCUT2D eigenvalue weighted by Gasteiger charge is -2.09. The summed E-state index contributed by atoms with van der Waals surface area (Å²) in [5, 5.41) is 18.2. The zero-order chi connectivity index (χ0) is 23.7. The van der Waals surface area contributed by atoms with Crippen molar-refractivity contribution in [1.29, 1.82) is 0 Å². The third-order valence-electron chi connectivity index (χ3n) is 5.29. The summed E-state index contributed by atoms with van der Waals surface area (Å²) in [5.74, 6) is 0.305. The minimum Gasteiger partial charge on any atom is -0.454 e. The number of halogens is 1. The number of carbonyl (C=O) groups is 1. The van der Waals surface area contributed by atoms with Crippen LogP contribution in [0.25, 0.3) is 16.9 Å². The number of rotatable bonds is 6. The smallest absolute Gasteiger partial charge is 0.270 e. The molecular formula is C24H17FN4O5. The number of non-ortho nitro benzene ring substituents is 1. The van der Waals surface area contributed by atoms with E-state index in [0.29, 0.717) is 17.2 Å². The Labute approximate surface area is 192 Å². The molecule has 1 N–H and O–H groups in total. The fraction of sp³-hybridized carbons (Fsp3) is 0.0833. The lowest BCUT2D eigenvalue weighted by molar-refractivity contribution is -0.384. The summed E-state index contributed by atoms with van der Waals surface area (Å²) < 4.78 is 26.4. The number of nitro groups is 1. The Morgan fingerprint density at radius 3 is 2.59 bits per heavy atom. The van der Waals surface area contributed by atoms with Gasteiger partial charge in [-0.3, -0.25) is 14.9 Å². The first kappa shape index (κ1) is 21.1. The second-order valence-electron chi connectivity index (χ2n) is 7.45. The molecule has 1 amide bonds. The van der Waals surface area contributed by atoms with Crippen LogP contribution in [-0.2, 0) is 6.54 Å². The Bertz CT molecular complexity index is 1400. The zero-order valence-corrected chi connectivity index (χ0v) is 17.6. The van der Waals surface area contributed by atoms with Gasteiger partial charge in [0.15, 0.2) is 11.5 Å². The molecule has 1 aliphatic rings. The lowest BCUT2D eigenvalue weighted by atomic mass is 10.1. The molecule has 5 rings (SSSR count). The van der Waals surface area contributed by atoms with Crippen LogP contribution in [0.2, 0.25) is 0 Å². The van der Waals surface area contributed by atoms with Gasteiger partial charge in [0.1, 0.15) is 11.5 Å². The highest BCUT2D eigenvalue weighted by Crippen LogP contribution is 2.32. The first-order valence-corrected chi connectivity index (χ1v) is 10.3. The average Bonchev–Trinajstić information content (AvgIpc) is 3.50. The third-order valence-corrected chi connectivity index (χ3v) is 5.29. The predicted molar refractivity (Wildman–Crippen MR) is 119 cm³/mol. The fourth-order valence-corrected chi connectivity index (χ4v) is 3.58. The number of fused-ring (bicyclic) bond motifs is 1. The second kappa shape index (κ2) is 8.66. The van der Waals surface area contributed by atoms with Crippen LogP contribution in [-0.4, -0.2) is 27.4 Å². The van der Waals surface area contributed by atoms with Crippen LogP contribution >= 0.6 is 0 Å². The normalized spacial score (nSPS) is 11.9. The standard InChI is InChI=1S/C24H17FN4O5/c25-19-4-2-1-3-18(19)20-12-21(28(27-20)16-6-8-17(9-7-16)29(31)32)24(30)26-13-15-5-10-22-23(11-15)34-14-33-22/h1-12H,13-14H2,(H,26,30). The van der Waals surface area contributed by atoms with Gasteiger partial charge in [-0.1, -0.05) is 18.2 Å². The van der Waals surface area contributed by atoms with Crippen molar-refractivity contribution >= 4 is 11.6 Å². The summed E-state index contributed by atoms with van der Waals surface area (Å²) in [6.07, 6.45) is 0. The first-order valence-electron chi connectivity index (χ1n) is 10.3. The molecule has 0 aliphatic carbocycles. The number of nitrogens with one attached hydrogen (secondary N) is 1. The number of hydrogen-bond donors (Lipinski definition) is 1. The van der Waals surface area contributed by atoms with Crippen molar-refractivity contribution in [2.45, 2.75) is 6.54 Å². The van der Waals surface area contributed by atoms with E-state index in [4.69, 9.17) is 9.47 Å². The Morgan fingerprint density at radius 2 is 1.82 bits per heavy atom. The molecule has 170 valence electrons. The topological polar surface area (TPSA) is 109 Å². The van der Waals surface area contributed by atoms with Crippen molar-refractivity contribution < 1.29 is 23.6 Å². The SMILES string of the molecule is O=C(NCc1ccc2c(c1)OCO2)c1cc(-c2ccccc2F)nn1-c1ccc([N+](=O)[O-])cc1. The van der Waals surface area contributed by atoms with Gasteiger partial charge in [0.25, 0.3) is 11.6 Å². The minimum atomic E-state index is -0.517. The van der Waals surface area contributed by atoms with Crippen molar-refractivity contribution in [1.82, 2.24) is 15.1 Å². The van der Waals surface area contributed by atoms with Crippen LogP contribution in [0.3, 0.4) is 0 Å². The molecule has 0 bridgehead atoms. The van der Waals surface area contributed by atoms with Crippen molar-refractivity contribution in [3.8, 4) is 28.4 Å². The van der Waals surface area contributed by atoms with E-state index in [1.54, 1.807) is 30.3 Å². The number of aromatic nitrogens is 2. The number of hydrogen-bond acceptors (Lipinski definition) is 6. The zero-order valence-electron chi connectivity index (χ0n) is 17.6. The van der Waals surface area contributed by atoms with Crippen molar-refractivity contribution in [3.05, 3.63) is 100.0 Å². The molecule has 0 saturated heterocycles. The number of nitro benzene ring substituents is 1. The van der Waals surface area contributed by atoms with Gasteiger partial charge in [0, 0.05) is 24.2 Å². The fourth-order valence-electron chi connectivity index (χ4n) is 3.58. The molecule has 9 nitrogen and oxygen atoms in total. The van der Waals surface area contributed by atoms with E-state index in [9.17, 15) is 19.3 Å². The molecule has 0 unspecified atom stereocenters. The van der Waals surface area contributed by atoms with Gasteiger partial charge in [-0.25, -0.2) is 9.07 Å². The molecule has 4 aromatic rings. The van der Waals surface area contributed by atoms with E-state index in [1.165, 1.54) is 41.1 Å². The maximum Gasteiger partial charge on any atom is 0.270 e. The number of benzene rings is 3. The second-order valence-corrected chi connectivity index (χ2v) is 7.45. The molecule has 1 aromatic heterocycles. The predicted octanol–water partition coefficient (Wildman–Crippen LogP) is 4.25. The summed E-state index contributed by atoms with van der Waals surface area (Å²) in [4.78, 5) is 23.6. The highest BCUT2D eigenvalue weighted by Gasteiger charge is 2.20.